The van der Waals surface area contributed by atoms with Gasteiger partial charge in [-0.15, -0.1) is 0 Å². The van der Waals surface area contributed by atoms with Crippen LogP contribution in [0.25, 0.3) is 44.5 Å². The molecule has 0 saturated carbocycles. The van der Waals surface area contributed by atoms with E-state index in [4.69, 9.17) is 4.99 Å². The Kier molecular flexibility index (Phi) is 10.0. The van der Waals surface area contributed by atoms with Gasteiger partial charge in [0.1, 0.15) is 0 Å². The lowest BCUT2D eigenvalue weighted by molar-refractivity contribution is 0.621. The lowest BCUT2D eigenvalue weighted by Gasteiger charge is -2.54. The Hall–Kier alpha value is -9.11. The van der Waals surface area contributed by atoms with Crippen LogP contribution in [0.2, 0.25) is 0 Å². The summed E-state index contributed by atoms with van der Waals surface area (Å²) in [6, 6.07) is 64.6. The molecule has 1 fully saturated rings. The maximum Gasteiger partial charge on any atom is 0.380 e. The van der Waals surface area contributed by atoms with Crippen LogP contribution in [-0.2, 0) is 0 Å². The number of guanidine groups is 1. The molecule has 0 amide bonds. The van der Waals surface area contributed by atoms with E-state index in [1.54, 1.807) is 0 Å². The van der Waals surface area contributed by atoms with Crippen molar-refractivity contribution in [2.75, 3.05) is 9.80 Å². The van der Waals surface area contributed by atoms with Gasteiger partial charge < -0.3 is 23.8 Å². The molecule has 9 aliphatic rings. The van der Waals surface area contributed by atoms with E-state index in [1.807, 2.05) is 0 Å². The van der Waals surface area contributed by atoms with Gasteiger partial charge in [-0.3, -0.25) is 4.90 Å². The van der Waals surface area contributed by atoms with E-state index in [0.717, 1.165) is 17.3 Å². The number of allylic oxidation sites excluding steroid dienone is 10. The second-order valence-electron chi connectivity index (χ2n) is 21.0. The number of para-hydroxylation sites is 2. The van der Waals surface area contributed by atoms with E-state index in [0.29, 0.717) is 0 Å². The highest BCUT2D eigenvalue weighted by molar-refractivity contribution is 7.16. The van der Waals surface area contributed by atoms with Crippen LogP contribution in [0.4, 0.5) is 17.1 Å². The lowest BCUT2D eigenvalue weighted by atomic mass is 9.42. The van der Waals surface area contributed by atoms with E-state index < -0.39 is 8.07 Å². The molecule has 1 saturated heterocycles. The zero-order valence-corrected chi connectivity index (χ0v) is 43.2. The van der Waals surface area contributed by atoms with E-state index in [-0.39, 0.29) is 40.0 Å². The molecule has 2 atom stereocenters. The summed E-state index contributed by atoms with van der Waals surface area (Å²) in [6.07, 6.45) is 33.8. The molecule has 2 unspecified atom stereocenters. The summed E-state index contributed by atoms with van der Waals surface area (Å²) in [7, 11) is -3.15. The Morgan fingerprint density at radius 3 is 1.51 bits per heavy atom. The van der Waals surface area contributed by atoms with Crippen LogP contribution in [0, 0.1) is 0 Å². The normalized spacial score (nSPS) is 19.4. The van der Waals surface area contributed by atoms with Gasteiger partial charge in [-0.1, -0.05) is 218 Å². The number of fused-ring (bicyclic) bond motifs is 21. The molecule has 0 N–H and O–H groups in total. The molecule has 7 aromatic carbocycles. The van der Waals surface area contributed by atoms with Gasteiger partial charge in [-0.25, -0.2) is 4.99 Å². The quantitative estimate of drug-likeness (QED) is 0.126. The molecule has 12 heteroatoms. The Balaban J connectivity index is 0.892. The zero-order chi connectivity index (χ0) is 50.6. The van der Waals surface area contributed by atoms with Gasteiger partial charge in [0, 0.05) is 5.69 Å². The molecule has 360 valence electrons. The van der Waals surface area contributed by atoms with Crippen molar-refractivity contribution in [3.05, 3.63) is 291 Å². The van der Waals surface area contributed by atoms with E-state index >= 15 is 0 Å². The van der Waals surface area contributed by atoms with Gasteiger partial charge in [-0.2, -0.15) is 0 Å². The molecule has 7 heterocycles. The van der Waals surface area contributed by atoms with E-state index in [9.17, 15) is 0 Å². The van der Waals surface area contributed by atoms with E-state index in [1.165, 1.54) is 71.0 Å². The van der Waals surface area contributed by atoms with Crippen LogP contribution in [-0.4, -0.2) is 72.9 Å². The van der Waals surface area contributed by atoms with Crippen molar-refractivity contribution < 1.29 is 0 Å². The predicted molar refractivity (Wildman–Crippen MR) is 326 cm³/mol. The van der Waals surface area contributed by atoms with Crippen molar-refractivity contribution >= 4 is 74.6 Å². The highest BCUT2D eigenvalue weighted by Crippen LogP contribution is 2.52. The third kappa shape index (κ3) is 6.58. The average Bonchev–Trinajstić information content (AvgIpc) is 4.12. The third-order valence-electron chi connectivity index (χ3n) is 17.2. The monoisotopic (exact) mass is 999 g/mol. The number of hydrogen-bond donors (Lipinski definition) is 0. The van der Waals surface area contributed by atoms with Crippen molar-refractivity contribution in [2.24, 2.45) is 4.99 Å². The summed E-state index contributed by atoms with van der Waals surface area (Å²) >= 11 is 0. The smallest absolute Gasteiger partial charge is 0.380 e. The molecule has 0 bridgehead atoms. The first-order valence-electron chi connectivity index (χ1n) is 27.0. The number of hydrogen-bond acceptors (Lipinski definition) is 7. The number of anilines is 3. The fourth-order valence-corrected chi connectivity index (χ4v) is 18.6. The molecule has 7 aliphatic heterocycles. The fraction of sp³-hybridized carbons (Fsp3) is 0.0308. The second-order valence-corrected chi connectivity index (χ2v) is 24.8. The van der Waals surface area contributed by atoms with Crippen molar-refractivity contribution in [1.82, 2.24) is 18.9 Å². The first-order chi connectivity index (χ1) is 38.2. The molecule has 0 radical (unpaired) electrons. The maximum atomic E-state index is 5.38. The highest BCUT2D eigenvalue weighted by Gasteiger charge is 2.52. The minimum Gasteiger partial charge on any atom is -0.423 e. The Morgan fingerprint density at radius 2 is 0.883 bits per heavy atom. The number of rotatable bonds is 5. The molecular formula is C65H49B4N7Si. The van der Waals surface area contributed by atoms with Gasteiger partial charge >= 0.3 is 27.9 Å². The topological polar surface area (TPSA) is 31.8 Å². The van der Waals surface area contributed by atoms with Gasteiger partial charge in [-0.05, 0) is 133 Å². The van der Waals surface area contributed by atoms with Gasteiger partial charge in [0.15, 0.2) is 8.07 Å². The molecule has 0 spiro atoms. The lowest BCUT2D eigenvalue weighted by Crippen LogP contribution is -2.74. The largest absolute Gasteiger partial charge is 0.423 e. The van der Waals surface area contributed by atoms with Crippen molar-refractivity contribution in [1.29, 1.82) is 0 Å². The summed E-state index contributed by atoms with van der Waals surface area (Å²) in [4.78, 5) is 10.2. The Morgan fingerprint density at radius 1 is 0.390 bits per heavy atom. The average molecular weight is 999 g/mol. The van der Waals surface area contributed by atoms with Gasteiger partial charge in [0.25, 0.3) is 0 Å². The van der Waals surface area contributed by atoms with Crippen LogP contribution in [0.5, 0.6) is 0 Å². The summed E-state index contributed by atoms with van der Waals surface area (Å²) < 4.78 is 10.1. The number of benzene rings is 7. The van der Waals surface area contributed by atoms with Crippen molar-refractivity contribution in [3.8, 4) is 44.5 Å². The molecular weight excluding hydrogens is 950 g/mol. The zero-order valence-electron chi connectivity index (χ0n) is 42.2. The van der Waals surface area contributed by atoms with Crippen LogP contribution < -0.4 is 25.4 Å². The second kappa shape index (κ2) is 17.5. The molecule has 77 heavy (non-hydrogen) atoms. The predicted octanol–water partition coefficient (Wildman–Crippen LogP) is 10.9. The van der Waals surface area contributed by atoms with Crippen LogP contribution in [0.1, 0.15) is 0 Å². The molecule has 7 aromatic rings. The Bertz CT molecular complexity index is 3880. The first kappa shape index (κ1) is 44.2. The minimum absolute atomic E-state index is 0.0146. The molecule has 2 aliphatic carbocycles. The van der Waals surface area contributed by atoms with Crippen LogP contribution in [0.3, 0.4) is 0 Å². The molecule has 7 nitrogen and oxygen atoms in total. The minimum atomic E-state index is -3.15. The summed E-state index contributed by atoms with van der Waals surface area (Å²) in [5.74, 6) is 10.5. The number of aliphatic imine (C=N–C) groups is 1. The summed E-state index contributed by atoms with van der Waals surface area (Å²) in [6.45, 7) is -0.0899. The SMILES string of the molecule is C1=CB2N(C=C1)B1C=CC=CN1B1C=CC([Si](c3ccccc3)(c3ccccc3)c3ccc4c(c3)-c3ccccc3-c3ccc(N5C6=NC7C=CC=CC7N6c6ccccc65)cc3-c3ccccc3-4)=CN1B1C=CC=CN21. The maximum absolute atomic E-state index is 5.38. The molecule has 16 rings (SSSR count). The summed E-state index contributed by atoms with van der Waals surface area (Å²) in [5.41, 5.74) is 13.2. The van der Waals surface area contributed by atoms with Gasteiger partial charge in [0.05, 0.1) is 23.5 Å². The standard InChI is InChI=1S/C65H49B4N7Si/c1-3-21-49(22-4-1)77(50-23-5-2-6-24-50,52-37-41-69-73-44-19-16-39-67(73)71-42-18-15-38-66(71)72-43-20-17-40-68(72)74(69)47-52)51-34-36-58-53-25-7-9-27-55(53)59-45-48(33-35-57(59)54-26-8-10-28-56(54)60(58)46-51)75-63-31-13-14-32-64(63)76-62-30-12-11-29-61(62)70-65(75)76/h1-47,61-62H. The van der Waals surface area contributed by atoms with Crippen molar-refractivity contribution in [3.63, 3.8) is 0 Å². The van der Waals surface area contributed by atoms with Crippen LogP contribution in [0.15, 0.2) is 296 Å². The Labute approximate surface area is 453 Å². The first-order valence-corrected chi connectivity index (χ1v) is 29.0. The van der Waals surface area contributed by atoms with Crippen LogP contribution >= 0.6 is 0 Å². The number of nitrogens with zero attached hydrogens (tertiary/aromatic N) is 7. The highest BCUT2D eigenvalue weighted by atomic mass is 28.3. The van der Waals surface area contributed by atoms with Crippen molar-refractivity contribution in [2.45, 2.75) is 12.1 Å². The molecule has 0 aromatic heterocycles. The summed E-state index contributed by atoms with van der Waals surface area (Å²) in [5, 5.41) is 5.34. The third-order valence-corrected chi connectivity index (χ3v) is 21.9. The van der Waals surface area contributed by atoms with E-state index in [2.05, 4.69) is 314 Å². The van der Waals surface area contributed by atoms with Gasteiger partial charge in [0.2, 0.25) is 5.96 Å². The fourth-order valence-electron chi connectivity index (χ4n) is 13.8.